The van der Waals surface area contributed by atoms with Crippen LogP contribution in [0, 0.1) is 5.92 Å². The first-order valence-corrected chi connectivity index (χ1v) is 8.31. The molecule has 1 aromatic carbocycles. The molecule has 26 heavy (non-hydrogen) atoms. The lowest BCUT2D eigenvalue weighted by atomic mass is 9.99. The second-order valence-electron chi connectivity index (χ2n) is 6.00. The highest BCUT2D eigenvalue weighted by atomic mass is 127. The summed E-state index contributed by atoms with van der Waals surface area (Å²) in [5.41, 5.74) is 2.44. The summed E-state index contributed by atoms with van der Waals surface area (Å²) in [6.45, 7) is 3.88. The molecule has 0 fully saturated rings. The molecule has 0 radical (unpaired) electrons. The molecule has 1 aliphatic heterocycles. The summed E-state index contributed by atoms with van der Waals surface area (Å²) < 4.78 is 15.5. The molecule has 146 valence electrons. The Balaban J connectivity index is 0.00000338. The number of benzene rings is 1. The SMILES string of the molecule is CN=C(NCC(C)C(=O)OC)N1CCc2cc(OC)c(OC)cc2C1.I. The molecule has 0 saturated carbocycles. The predicted octanol–water partition coefficient (Wildman–Crippen LogP) is 2.06. The van der Waals surface area contributed by atoms with Crippen LogP contribution in [0.4, 0.5) is 0 Å². The van der Waals surface area contributed by atoms with E-state index in [1.54, 1.807) is 21.3 Å². The minimum absolute atomic E-state index is 0. The number of nitrogens with zero attached hydrogens (tertiary/aromatic N) is 2. The second-order valence-corrected chi connectivity index (χ2v) is 6.00. The number of carbonyl (C=O) groups excluding carboxylic acids is 1. The Morgan fingerprint density at radius 1 is 1.23 bits per heavy atom. The van der Waals surface area contributed by atoms with Gasteiger partial charge in [0.05, 0.1) is 27.2 Å². The lowest BCUT2D eigenvalue weighted by Gasteiger charge is -2.32. The van der Waals surface area contributed by atoms with Crippen molar-refractivity contribution >= 4 is 35.9 Å². The third-order valence-electron chi connectivity index (χ3n) is 4.40. The number of aliphatic imine (C=N–C) groups is 1. The zero-order valence-electron chi connectivity index (χ0n) is 16.0. The molecule has 7 nitrogen and oxygen atoms in total. The highest BCUT2D eigenvalue weighted by molar-refractivity contribution is 14.0. The topological polar surface area (TPSA) is 72.4 Å². The van der Waals surface area contributed by atoms with Gasteiger partial charge in [-0.05, 0) is 29.7 Å². The van der Waals surface area contributed by atoms with Crippen molar-refractivity contribution in [2.45, 2.75) is 19.9 Å². The van der Waals surface area contributed by atoms with Crippen molar-refractivity contribution in [3.8, 4) is 11.5 Å². The summed E-state index contributed by atoms with van der Waals surface area (Å²) in [5, 5.41) is 3.26. The minimum atomic E-state index is -0.233. The summed E-state index contributed by atoms with van der Waals surface area (Å²) in [6.07, 6.45) is 0.892. The van der Waals surface area contributed by atoms with Crippen LogP contribution < -0.4 is 14.8 Å². The number of fused-ring (bicyclic) bond motifs is 1. The number of methoxy groups -OCH3 is 3. The molecule has 1 unspecified atom stereocenters. The van der Waals surface area contributed by atoms with Crippen LogP contribution in [0.1, 0.15) is 18.1 Å². The van der Waals surface area contributed by atoms with Crippen LogP contribution >= 0.6 is 24.0 Å². The van der Waals surface area contributed by atoms with E-state index >= 15 is 0 Å². The average Bonchev–Trinajstić information content (AvgIpc) is 2.66. The Bertz CT molecular complexity index is 652. The van der Waals surface area contributed by atoms with Gasteiger partial charge in [-0.3, -0.25) is 9.79 Å². The van der Waals surface area contributed by atoms with E-state index in [-0.39, 0.29) is 35.9 Å². The smallest absolute Gasteiger partial charge is 0.310 e. The molecule has 0 aliphatic carbocycles. The maximum Gasteiger partial charge on any atom is 0.310 e. The number of rotatable bonds is 5. The van der Waals surface area contributed by atoms with Gasteiger partial charge in [-0.25, -0.2) is 0 Å². The highest BCUT2D eigenvalue weighted by Gasteiger charge is 2.22. The molecule has 1 N–H and O–H groups in total. The number of carbonyl (C=O) groups is 1. The van der Waals surface area contributed by atoms with E-state index in [1.807, 2.05) is 19.1 Å². The molecule has 1 heterocycles. The Kier molecular flexibility index (Phi) is 8.97. The van der Waals surface area contributed by atoms with Gasteiger partial charge in [0.2, 0.25) is 0 Å². The van der Waals surface area contributed by atoms with Gasteiger partial charge in [0.25, 0.3) is 0 Å². The van der Waals surface area contributed by atoms with Gasteiger partial charge in [0.1, 0.15) is 0 Å². The maximum absolute atomic E-state index is 11.5. The molecule has 0 amide bonds. The van der Waals surface area contributed by atoms with E-state index < -0.39 is 0 Å². The van der Waals surface area contributed by atoms with Crippen LogP contribution in [0.3, 0.4) is 0 Å². The number of nitrogens with one attached hydrogen (secondary N) is 1. The average molecular weight is 477 g/mol. The largest absolute Gasteiger partial charge is 0.493 e. The van der Waals surface area contributed by atoms with Crippen molar-refractivity contribution in [2.75, 3.05) is 41.5 Å². The van der Waals surface area contributed by atoms with Crippen LogP contribution in [0.25, 0.3) is 0 Å². The third-order valence-corrected chi connectivity index (χ3v) is 4.40. The van der Waals surface area contributed by atoms with E-state index in [1.165, 1.54) is 18.2 Å². The molecule has 0 saturated heterocycles. The number of esters is 1. The molecule has 1 aliphatic rings. The summed E-state index contributed by atoms with van der Waals surface area (Å²) in [5.74, 6) is 1.79. The molecule has 1 aromatic rings. The summed E-state index contributed by atoms with van der Waals surface area (Å²) in [7, 11) is 6.43. The fourth-order valence-corrected chi connectivity index (χ4v) is 2.93. The van der Waals surface area contributed by atoms with E-state index in [2.05, 4.69) is 15.2 Å². The summed E-state index contributed by atoms with van der Waals surface area (Å²) in [4.78, 5) is 18.0. The number of guanidine groups is 1. The predicted molar refractivity (Wildman–Crippen MR) is 112 cm³/mol. The number of ether oxygens (including phenoxy) is 3. The molecular weight excluding hydrogens is 449 g/mol. The van der Waals surface area contributed by atoms with Crippen LogP contribution in [0.15, 0.2) is 17.1 Å². The van der Waals surface area contributed by atoms with E-state index in [4.69, 9.17) is 14.2 Å². The third kappa shape index (κ3) is 5.15. The van der Waals surface area contributed by atoms with Crippen LogP contribution in [-0.2, 0) is 22.5 Å². The zero-order chi connectivity index (χ0) is 18.4. The summed E-state index contributed by atoms with van der Waals surface area (Å²) >= 11 is 0. The first kappa shape index (κ1) is 22.3. The maximum atomic E-state index is 11.5. The van der Waals surface area contributed by atoms with Gasteiger partial charge in [-0.1, -0.05) is 6.92 Å². The first-order chi connectivity index (χ1) is 12.0. The van der Waals surface area contributed by atoms with Gasteiger partial charge in [0, 0.05) is 26.7 Å². The number of hydrogen-bond acceptors (Lipinski definition) is 5. The van der Waals surface area contributed by atoms with Crippen LogP contribution in [-0.4, -0.2) is 58.3 Å². The highest BCUT2D eigenvalue weighted by Crippen LogP contribution is 2.33. The normalized spacial score (nSPS) is 14.7. The quantitative estimate of drug-likeness (QED) is 0.303. The van der Waals surface area contributed by atoms with Crippen molar-refractivity contribution in [2.24, 2.45) is 10.9 Å². The van der Waals surface area contributed by atoms with E-state index in [9.17, 15) is 4.79 Å². The Morgan fingerprint density at radius 3 is 2.38 bits per heavy atom. The van der Waals surface area contributed by atoms with Gasteiger partial charge in [0.15, 0.2) is 17.5 Å². The molecule has 0 spiro atoms. The molecular formula is C18H28IN3O4. The molecule has 8 heteroatoms. The van der Waals surface area contributed by atoms with Crippen molar-refractivity contribution in [3.63, 3.8) is 0 Å². The Labute approximate surface area is 172 Å². The molecule has 0 aromatic heterocycles. The number of halogens is 1. The molecule has 2 rings (SSSR count). The standard InChI is InChI=1S/C18H27N3O4.HI/c1-12(17(22)25-5)10-20-18(19-2)21-7-6-13-8-15(23-3)16(24-4)9-14(13)11-21;/h8-9,12H,6-7,10-11H2,1-5H3,(H,19,20);1H. The van der Waals surface area contributed by atoms with Crippen molar-refractivity contribution in [1.29, 1.82) is 0 Å². The lowest BCUT2D eigenvalue weighted by Crippen LogP contribution is -2.45. The Hall–Kier alpha value is -1.71. The van der Waals surface area contributed by atoms with E-state index in [0.717, 1.165) is 37.0 Å². The fourth-order valence-electron chi connectivity index (χ4n) is 2.93. The number of hydrogen-bond donors (Lipinski definition) is 1. The minimum Gasteiger partial charge on any atom is -0.493 e. The Morgan fingerprint density at radius 2 is 1.85 bits per heavy atom. The van der Waals surface area contributed by atoms with Gasteiger partial charge >= 0.3 is 5.97 Å². The van der Waals surface area contributed by atoms with Crippen molar-refractivity contribution in [1.82, 2.24) is 10.2 Å². The lowest BCUT2D eigenvalue weighted by molar-refractivity contribution is -0.144. The van der Waals surface area contributed by atoms with Crippen LogP contribution in [0.5, 0.6) is 11.5 Å². The van der Waals surface area contributed by atoms with Crippen LogP contribution in [0.2, 0.25) is 0 Å². The monoisotopic (exact) mass is 477 g/mol. The second kappa shape index (κ2) is 10.4. The molecule has 0 bridgehead atoms. The van der Waals surface area contributed by atoms with Gasteiger partial charge in [-0.2, -0.15) is 0 Å². The van der Waals surface area contributed by atoms with Crippen molar-refractivity contribution in [3.05, 3.63) is 23.3 Å². The fraction of sp³-hybridized carbons (Fsp3) is 0.556. The summed E-state index contributed by atoms with van der Waals surface area (Å²) in [6, 6.07) is 4.06. The van der Waals surface area contributed by atoms with Gasteiger partial charge < -0.3 is 24.4 Å². The van der Waals surface area contributed by atoms with Crippen molar-refractivity contribution < 1.29 is 19.0 Å². The van der Waals surface area contributed by atoms with E-state index in [0.29, 0.717) is 6.54 Å². The first-order valence-electron chi connectivity index (χ1n) is 8.31. The van der Waals surface area contributed by atoms with Gasteiger partial charge in [-0.15, -0.1) is 24.0 Å². The zero-order valence-corrected chi connectivity index (χ0v) is 18.3. The molecule has 1 atom stereocenters.